The lowest BCUT2D eigenvalue weighted by Gasteiger charge is -2.18. The van der Waals surface area contributed by atoms with Gasteiger partial charge in [-0.25, -0.2) is 8.78 Å². The molecular formula is C11H12F2O4. The van der Waals surface area contributed by atoms with Crippen molar-refractivity contribution < 1.29 is 28.9 Å². The number of carbonyl (C=O) groups excluding carboxylic acids is 1. The van der Waals surface area contributed by atoms with Gasteiger partial charge in [0.05, 0.1) is 11.7 Å². The zero-order valence-electron chi connectivity index (χ0n) is 8.81. The van der Waals surface area contributed by atoms with Crippen LogP contribution in [-0.4, -0.2) is 34.3 Å². The van der Waals surface area contributed by atoms with Crippen molar-refractivity contribution in [1.29, 1.82) is 0 Å². The van der Waals surface area contributed by atoms with E-state index >= 15 is 0 Å². The Morgan fingerprint density at radius 1 is 1.24 bits per heavy atom. The van der Waals surface area contributed by atoms with E-state index in [-0.39, 0.29) is 12.7 Å². The Kier molecular flexibility index (Phi) is 4.68. The van der Waals surface area contributed by atoms with E-state index in [0.29, 0.717) is 12.1 Å². The number of aliphatic hydroxyl groups is 3. The lowest BCUT2D eigenvalue weighted by Crippen LogP contribution is -2.21. The number of rotatable bonds is 5. The van der Waals surface area contributed by atoms with Crippen molar-refractivity contribution in [3.05, 3.63) is 34.9 Å². The van der Waals surface area contributed by atoms with Crippen molar-refractivity contribution in [1.82, 2.24) is 0 Å². The Bertz CT molecular complexity index is 409. The van der Waals surface area contributed by atoms with Gasteiger partial charge in [-0.05, 0) is 18.6 Å². The number of aldehydes is 1. The van der Waals surface area contributed by atoms with Crippen molar-refractivity contribution in [2.45, 2.75) is 18.6 Å². The van der Waals surface area contributed by atoms with Crippen LogP contribution in [0.3, 0.4) is 0 Å². The molecule has 0 heterocycles. The van der Waals surface area contributed by atoms with Gasteiger partial charge in [-0.3, -0.25) is 4.79 Å². The number of benzene rings is 1. The molecule has 2 atom stereocenters. The molecule has 0 radical (unpaired) electrons. The lowest BCUT2D eigenvalue weighted by atomic mass is 10.00. The van der Waals surface area contributed by atoms with Gasteiger partial charge in [0.25, 0.3) is 0 Å². The van der Waals surface area contributed by atoms with Crippen LogP contribution in [0.4, 0.5) is 8.78 Å². The molecule has 0 fully saturated rings. The standard InChI is InChI=1S/C11H12F2O4/c12-8-4-7(9(13)3-6(8)5-15)11(17)10(16)1-2-14/h3-5,10-11,14,16-17H,1-2H2. The van der Waals surface area contributed by atoms with Gasteiger partial charge in [0.15, 0.2) is 6.29 Å². The first-order chi connectivity index (χ1) is 8.01. The first-order valence-electron chi connectivity index (χ1n) is 4.92. The average Bonchev–Trinajstić information content (AvgIpc) is 2.31. The lowest BCUT2D eigenvalue weighted by molar-refractivity contribution is 0.00220. The zero-order chi connectivity index (χ0) is 13.0. The molecule has 0 amide bonds. The number of aliphatic hydroxyl groups excluding tert-OH is 3. The SMILES string of the molecule is O=Cc1cc(F)c(C(O)C(O)CCO)cc1F. The fourth-order valence-electron chi connectivity index (χ4n) is 1.39. The highest BCUT2D eigenvalue weighted by atomic mass is 19.1. The molecule has 0 bridgehead atoms. The Hall–Kier alpha value is -1.37. The Labute approximate surface area is 96.1 Å². The monoisotopic (exact) mass is 246 g/mol. The van der Waals surface area contributed by atoms with E-state index in [1.54, 1.807) is 0 Å². The molecule has 4 nitrogen and oxygen atoms in total. The Morgan fingerprint density at radius 2 is 1.88 bits per heavy atom. The summed E-state index contributed by atoms with van der Waals surface area (Å²) in [4.78, 5) is 10.3. The van der Waals surface area contributed by atoms with Gasteiger partial charge >= 0.3 is 0 Å². The van der Waals surface area contributed by atoms with Crippen molar-refractivity contribution in [3.63, 3.8) is 0 Å². The predicted octanol–water partition coefficient (Wildman–Crippen LogP) is 0.554. The minimum Gasteiger partial charge on any atom is -0.396 e. The molecule has 0 spiro atoms. The molecule has 94 valence electrons. The second-order valence-electron chi connectivity index (χ2n) is 3.54. The van der Waals surface area contributed by atoms with Crippen LogP contribution in [0.1, 0.15) is 28.4 Å². The summed E-state index contributed by atoms with van der Waals surface area (Å²) >= 11 is 0. The molecule has 0 aliphatic carbocycles. The summed E-state index contributed by atoms with van der Waals surface area (Å²) in [6.45, 7) is -0.394. The zero-order valence-corrected chi connectivity index (χ0v) is 8.81. The van der Waals surface area contributed by atoms with Crippen molar-refractivity contribution >= 4 is 6.29 Å². The molecule has 0 aliphatic heterocycles. The molecule has 6 heteroatoms. The molecule has 0 saturated carbocycles. The Morgan fingerprint density at radius 3 is 2.41 bits per heavy atom. The molecule has 2 unspecified atom stereocenters. The largest absolute Gasteiger partial charge is 0.396 e. The summed E-state index contributed by atoms with van der Waals surface area (Å²) in [6, 6.07) is 1.30. The van der Waals surface area contributed by atoms with Gasteiger partial charge in [-0.2, -0.15) is 0 Å². The van der Waals surface area contributed by atoms with Crippen molar-refractivity contribution in [3.8, 4) is 0 Å². The third-order valence-corrected chi connectivity index (χ3v) is 2.35. The van der Waals surface area contributed by atoms with Crippen LogP contribution in [0.5, 0.6) is 0 Å². The summed E-state index contributed by atoms with van der Waals surface area (Å²) in [5, 5.41) is 27.4. The molecule has 0 saturated heterocycles. The van der Waals surface area contributed by atoms with Crippen LogP contribution in [0.25, 0.3) is 0 Å². The second-order valence-corrected chi connectivity index (χ2v) is 3.54. The van der Waals surface area contributed by atoms with Crippen LogP contribution >= 0.6 is 0 Å². The highest BCUT2D eigenvalue weighted by Gasteiger charge is 2.22. The number of hydrogen-bond donors (Lipinski definition) is 3. The van der Waals surface area contributed by atoms with Crippen LogP contribution in [-0.2, 0) is 0 Å². The normalized spacial score (nSPS) is 14.4. The number of halogens is 2. The van der Waals surface area contributed by atoms with Gasteiger partial charge in [-0.1, -0.05) is 0 Å². The molecule has 17 heavy (non-hydrogen) atoms. The van der Waals surface area contributed by atoms with Gasteiger partial charge in [0.1, 0.15) is 17.7 Å². The quantitative estimate of drug-likeness (QED) is 0.663. The summed E-state index contributed by atoms with van der Waals surface area (Å²) in [7, 11) is 0. The van der Waals surface area contributed by atoms with Gasteiger partial charge in [0.2, 0.25) is 0 Å². The average molecular weight is 246 g/mol. The first-order valence-corrected chi connectivity index (χ1v) is 4.92. The predicted molar refractivity (Wildman–Crippen MR) is 54.4 cm³/mol. The fraction of sp³-hybridized carbons (Fsp3) is 0.364. The summed E-state index contributed by atoms with van der Waals surface area (Å²) < 4.78 is 26.6. The van der Waals surface area contributed by atoms with E-state index < -0.39 is 41.6 Å². The molecule has 1 aromatic carbocycles. The van der Waals surface area contributed by atoms with Gasteiger partial charge in [-0.15, -0.1) is 0 Å². The van der Waals surface area contributed by atoms with Gasteiger partial charge in [0, 0.05) is 12.2 Å². The van der Waals surface area contributed by atoms with E-state index in [1.807, 2.05) is 0 Å². The van der Waals surface area contributed by atoms with E-state index in [4.69, 9.17) is 5.11 Å². The van der Waals surface area contributed by atoms with Gasteiger partial charge < -0.3 is 15.3 Å². The summed E-state index contributed by atoms with van der Waals surface area (Å²) in [6.07, 6.45) is -3.08. The molecule has 0 aromatic heterocycles. The maximum atomic E-state index is 13.4. The number of carbonyl (C=O) groups is 1. The minimum absolute atomic E-state index is 0.152. The number of hydrogen-bond acceptors (Lipinski definition) is 4. The summed E-state index contributed by atoms with van der Waals surface area (Å²) in [5.41, 5.74) is -0.913. The van der Waals surface area contributed by atoms with Crippen molar-refractivity contribution in [2.75, 3.05) is 6.61 Å². The third kappa shape index (κ3) is 3.06. The summed E-state index contributed by atoms with van der Waals surface area (Å²) in [5.74, 6) is -1.97. The third-order valence-electron chi connectivity index (χ3n) is 2.35. The van der Waals surface area contributed by atoms with E-state index in [9.17, 15) is 23.8 Å². The maximum absolute atomic E-state index is 13.4. The smallest absolute Gasteiger partial charge is 0.153 e. The van der Waals surface area contributed by atoms with Crippen LogP contribution in [0, 0.1) is 11.6 Å². The minimum atomic E-state index is -1.66. The van der Waals surface area contributed by atoms with E-state index in [0.717, 1.165) is 0 Å². The fourth-order valence-corrected chi connectivity index (χ4v) is 1.39. The van der Waals surface area contributed by atoms with Crippen LogP contribution in [0.2, 0.25) is 0 Å². The van der Waals surface area contributed by atoms with E-state index in [2.05, 4.69) is 0 Å². The first kappa shape index (κ1) is 13.7. The molecule has 0 aliphatic rings. The molecular weight excluding hydrogens is 234 g/mol. The topological polar surface area (TPSA) is 77.8 Å². The second kappa shape index (κ2) is 5.81. The van der Waals surface area contributed by atoms with Crippen LogP contribution < -0.4 is 0 Å². The van der Waals surface area contributed by atoms with Crippen molar-refractivity contribution in [2.24, 2.45) is 0 Å². The molecule has 1 aromatic rings. The highest BCUT2D eigenvalue weighted by molar-refractivity contribution is 5.75. The Balaban J connectivity index is 3.05. The molecule has 3 N–H and O–H groups in total. The molecule has 1 rings (SSSR count). The van der Waals surface area contributed by atoms with E-state index in [1.165, 1.54) is 0 Å². The highest BCUT2D eigenvalue weighted by Crippen LogP contribution is 2.24. The maximum Gasteiger partial charge on any atom is 0.153 e. The van der Waals surface area contributed by atoms with Crippen LogP contribution in [0.15, 0.2) is 12.1 Å².